The molecule has 0 bridgehead atoms. The number of pyridine rings is 1. The van der Waals surface area contributed by atoms with Gasteiger partial charge in [-0.05, 0) is 99.5 Å². The number of ether oxygens (including phenoxy) is 1. The van der Waals surface area contributed by atoms with Crippen LogP contribution in [0.15, 0.2) is 42.6 Å². The van der Waals surface area contributed by atoms with E-state index in [1.165, 1.54) is 12.1 Å². The predicted octanol–water partition coefficient (Wildman–Crippen LogP) is 5.70. The van der Waals surface area contributed by atoms with Crippen molar-refractivity contribution in [2.45, 2.75) is 44.6 Å². The summed E-state index contributed by atoms with van der Waals surface area (Å²) in [5.41, 5.74) is 1.79. The largest absolute Gasteiger partial charge is 0.497 e. The second-order valence-corrected chi connectivity index (χ2v) is 10.2. The van der Waals surface area contributed by atoms with Gasteiger partial charge in [0.1, 0.15) is 17.4 Å². The number of hydrogen-bond acceptors (Lipinski definition) is 5. The predicted molar refractivity (Wildman–Crippen MR) is 137 cm³/mol. The summed E-state index contributed by atoms with van der Waals surface area (Å²) in [6.07, 6.45) is 5.00. The molecule has 1 aromatic heterocycles. The number of benzene rings is 2. The average Bonchev–Trinajstić information content (AvgIpc) is 2.87. The summed E-state index contributed by atoms with van der Waals surface area (Å²) < 4.78 is 32.1. The Bertz CT molecular complexity index is 1160. The number of aryl methyl sites for hydroxylation is 1. The van der Waals surface area contributed by atoms with Gasteiger partial charge in [0.2, 0.25) is 0 Å². The van der Waals surface area contributed by atoms with Crippen LogP contribution in [0.25, 0.3) is 10.9 Å². The third kappa shape index (κ3) is 6.32. The van der Waals surface area contributed by atoms with Gasteiger partial charge in [-0.1, -0.05) is 11.6 Å². The molecule has 2 N–H and O–H groups in total. The van der Waals surface area contributed by atoms with Crippen LogP contribution in [0.5, 0.6) is 5.75 Å². The number of rotatable bonds is 10. The van der Waals surface area contributed by atoms with E-state index in [2.05, 4.69) is 9.88 Å². The van der Waals surface area contributed by atoms with Crippen LogP contribution in [0.3, 0.4) is 0 Å². The number of halogens is 3. The zero-order valence-corrected chi connectivity index (χ0v) is 21.3. The van der Waals surface area contributed by atoms with E-state index in [1.54, 1.807) is 13.3 Å². The molecule has 5 nitrogen and oxygen atoms in total. The van der Waals surface area contributed by atoms with Gasteiger partial charge in [0.05, 0.1) is 23.8 Å². The van der Waals surface area contributed by atoms with Crippen molar-refractivity contribution in [2.24, 2.45) is 5.41 Å². The molecule has 2 aromatic carbocycles. The highest BCUT2D eigenvalue weighted by molar-refractivity contribution is 6.32. The van der Waals surface area contributed by atoms with Gasteiger partial charge in [0.15, 0.2) is 0 Å². The normalized spacial score (nSPS) is 16.8. The summed E-state index contributed by atoms with van der Waals surface area (Å²) in [5, 5.41) is 22.6. The fraction of sp³-hybridized carbons (Fsp3) is 0.464. The van der Waals surface area contributed by atoms with Gasteiger partial charge in [-0.15, -0.1) is 0 Å². The summed E-state index contributed by atoms with van der Waals surface area (Å²) in [4.78, 5) is 6.69. The first-order valence-corrected chi connectivity index (χ1v) is 12.8. The van der Waals surface area contributed by atoms with E-state index in [0.717, 1.165) is 55.9 Å². The quantitative estimate of drug-likeness (QED) is 0.360. The van der Waals surface area contributed by atoms with E-state index in [-0.39, 0.29) is 12.0 Å². The Balaban J connectivity index is 1.33. The van der Waals surface area contributed by atoms with Crippen LogP contribution in [0.4, 0.5) is 8.78 Å². The molecule has 0 unspecified atom stereocenters. The van der Waals surface area contributed by atoms with Crippen molar-refractivity contribution in [3.8, 4) is 5.75 Å². The van der Waals surface area contributed by atoms with Crippen LogP contribution in [0, 0.1) is 17.0 Å². The second kappa shape index (κ2) is 11.8. The number of methoxy groups -OCH3 is 1. The van der Waals surface area contributed by atoms with Gasteiger partial charge in [-0.2, -0.15) is 0 Å². The van der Waals surface area contributed by atoms with Crippen molar-refractivity contribution >= 4 is 22.5 Å². The number of nitrogens with zero attached hydrogens (tertiary/aromatic N) is 2. The molecular formula is C28H33ClF2N2O3. The Morgan fingerprint density at radius 2 is 1.86 bits per heavy atom. The van der Waals surface area contributed by atoms with Gasteiger partial charge >= 0.3 is 0 Å². The van der Waals surface area contributed by atoms with E-state index in [9.17, 15) is 19.0 Å². The maximum atomic E-state index is 13.4. The monoisotopic (exact) mass is 518 g/mol. The molecule has 1 aliphatic heterocycles. The Morgan fingerprint density at radius 1 is 1.14 bits per heavy atom. The van der Waals surface area contributed by atoms with Crippen LogP contribution >= 0.6 is 11.6 Å². The Morgan fingerprint density at radius 3 is 2.53 bits per heavy atom. The van der Waals surface area contributed by atoms with Crippen molar-refractivity contribution in [1.82, 2.24) is 9.88 Å². The van der Waals surface area contributed by atoms with E-state index in [1.807, 2.05) is 18.2 Å². The molecule has 1 fully saturated rings. The van der Waals surface area contributed by atoms with Crippen molar-refractivity contribution in [1.29, 1.82) is 0 Å². The molecule has 36 heavy (non-hydrogen) atoms. The average molecular weight is 519 g/mol. The fourth-order valence-electron chi connectivity index (χ4n) is 5.22. The molecular weight excluding hydrogens is 486 g/mol. The molecule has 0 aliphatic carbocycles. The topological polar surface area (TPSA) is 65.8 Å². The first-order chi connectivity index (χ1) is 17.3. The molecule has 4 rings (SSSR count). The minimum Gasteiger partial charge on any atom is -0.497 e. The fourth-order valence-corrected chi connectivity index (χ4v) is 5.50. The molecule has 0 saturated carbocycles. The number of aromatic nitrogens is 1. The summed E-state index contributed by atoms with van der Waals surface area (Å²) in [6, 6.07) is 9.17. The first kappa shape index (κ1) is 26.7. The SMILES string of the molecule is COc1ccc2ncc(Cl)c([C@H](O)CCC3(CO)CCN(CCCc4cc(F)cc(F)c4)CC3)c2c1. The zero-order chi connectivity index (χ0) is 25.7. The van der Waals surface area contributed by atoms with Crippen LogP contribution < -0.4 is 4.74 Å². The van der Waals surface area contributed by atoms with Gasteiger partial charge in [0.25, 0.3) is 0 Å². The van der Waals surface area contributed by atoms with Crippen LogP contribution in [-0.2, 0) is 6.42 Å². The summed E-state index contributed by atoms with van der Waals surface area (Å²) in [7, 11) is 1.59. The first-order valence-electron chi connectivity index (χ1n) is 12.4. The molecule has 2 heterocycles. The molecule has 194 valence electrons. The lowest BCUT2D eigenvalue weighted by Gasteiger charge is -2.41. The number of hydrogen-bond donors (Lipinski definition) is 2. The van der Waals surface area contributed by atoms with Crippen LogP contribution in [0.2, 0.25) is 5.02 Å². The van der Waals surface area contributed by atoms with E-state index in [0.29, 0.717) is 41.2 Å². The number of piperidine rings is 1. The van der Waals surface area contributed by atoms with Crippen molar-refractivity contribution in [3.05, 3.63) is 70.4 Å². The highest BCUT2D eigenvalue weighted by Gasteiger charge is 2.34. The minimum atomic E-state index is -0.789. The molecule has 8 heteroatoms. The Kier molecular flexibility index (Phi) is 8.78. The number of aliphatic hydroxyl groups excluding tert-OH is 2. The molecule has 3 aromatic rings. The van der Waals surface area contributed by atoms with Gasteiger partial charge in [-0.25, -0.2) is 8.78 Å². The molecule has 0 amide bonds. The second-order valence-electron chi connectivity index (χ2n) is 9.84. The number of aliphatic hydroxyl groups is 2. The number of likely N-dealkylation sites (tertiary alicyclic amines) is 1. The van der Waals surface area contributed by atoms with E-state index in [4.69, 9.17) is 16.3 Å². The zero-order valence-electron chi connectivity index (χ0n) is 20.5. The number of fused-ring (bicyclic) bond motifs is 1. The van der Waals surface area contributed by atoms with Gasteiger partial charge < -0.3 is 19.8 Å². The standard InChI is InChI=1S/C28H33ClF2N2O3/c1-36-22-4-5-25-23(16-22)27(24(29)17-32-25)26(35)6-7-28(18-34)8-11-33(12-9-28)10-2-3-19-13-20(30)15-21(31)14-19/h4-5,13-17,26,34-35H,2-3,6-12,18H2,1H3/t26-/m1/s1. The lowest BCUT2D eigenvalue weighted by atomic mass is 9.74. The minimum absolute atomic E-state index is 0.0643. The molecule has 0 spiro atoms. The maximum absolute atomic E-state index is 13.4. The molecule has 1 atom stereocenters. The molecule has 1 aliphatic rings. The summed E-state index contributed by atoms with van der Waals surface area (Å²) in [5.74, 6) is -0.419. The molecule has 0 radical (unpaired) electrons. The maximum Gasteiger partial charge on any atom is 0.126 e. The van der Waals surface area contributed by atoms with Crippen molar-refractivity contribution in [3.63, 3.8) is 0 Å². The molecule has 1 saturated heterocycles. The summed E-state index contributed by atoms with van der Waals surface area (Å²) in [6.45, 7) is 2.58. The van der Waals surface area contributed by atoms with Gasteiger partial charge in [-0.3, -0.25) is 4.98 Å². The van der Waals surface area contributed by atoms with E-state index < -0.39 is 17.7 Å². The third-order valence-corrected chi connectivity index (χ3v) is 7.76. The Labute approximate surface area is 215 Å². The Hall–Kier alpha value is -2.32. The lowest BCUT2D eigenvalue weighted by Crippen LogP contribution is -2.42. The smallest absolute Gasteiger partial charge is 0.126 e. The summed E-state index contributed by atoms with van der Waals surface area (Å²) >= 11 is 6.45. The van der Waals surface area contributed by atoms with Crippen LogP contribution in [-0.4, -0.2) is 53.4 Å². The van der Waals surface area contributed by atoms with Crippen molar-refractivity contribution < 1.29 is 23.7 Å². The lowest BCUT2D eigenvalue weighted by molar-refractivity contribution is 0.0234. The van der Waals surface area contributed by atoms with E-state index >= 15 is 0 Å². The highest BCUT2D eigenvalue weighted by atomic mass is 35.5. The van der Waals surface area contributed by atoms with Gasteiger partial charge in [0, 0.05) is 29.8 Å². The third-order valence-electron chi connectivity index (χ3n) is 7.46. The van der Waals surface area contributed by atoms with Crippen molar-refractivity contribution in [2.75, 3.05) is 33.4 Å². The van der Waals surface area contributed by atoms with Crippen LogP contribution in [0.1, 0.15) is 49.3 Å². The highest BCUT2D eigenvalue weighted by Crippen LogP contribution is 2.40.